The quantitative estimate of drug-likeness (QED) is 0.621. The topological polar surface area (TPSA) is 92.1 Å². The number of hydrogen-bond acceptors (Lipinski definition) is 7. The summed E-state index contributed by atoms with van der Waals surface area (Å²) >= 11 is 0.806. The third-order valence-electron chi connectivity index (χ3n) is 5.18. The summed E-state index contributed by atoms with van der Waals surface area (Å²) in [5, 5.41) is 2.21. The number of nitrogens with zero attached hydrogens (tertiary/aromatic N) is 2. The number of amides is 3. The maximum absolute atomic E-state index is 12.7. The number of benzene rings is 1. The molecule has 0 unspecified atom stereocenters. The van der Waals surface area contributed by atoms with Crippen molar-refractivity contribution in [3.05, 3.63) is 47.1 Å². The molecule has 4 rings (SSSR count). The monoisotopic (exact) mass is 455 g/mol. The Morgan fingerprint density at radius 3 is 2.59 bits per heavy atom. The second kappa shape index (κ2) is 9.95. The molecule has 0 radical (unpaired) electrons. The van der Waals surface area contributed by atoms with Gasteiger partial charge in [0, 0.05) is 30.9 Å². The van der Waals surface area contributed by atoms with E-state index in [4.69, 9.17) is 9.15 Å². The van der Waals surface area contributed by atoms with Crippen molar-refractivity contribution in [3.63, 3.8) is 0 Å². The number of thioether (sulfide) groups is 1. The van der Waals surface area contributed by atoms with Gasteiger partial charge in [-0.25, -0.2) is 0 Å². The van der Waals surface area contributed by atoms with Crippen LogP contribution in [0, 0.1) is 0 Å². The molecule has 1 aromatic heterocycles. The minimum Gasteiger partial charge on any atom is -0.494 e. The van der Waals surface area contributed by atoms with Crippen LogP contribution >= 0.6 is 11.8 Å². The Morgan fingerprint density at radius 2 is 1.88 bits per heavy atom. The SMILES string of the molecule is CCOc1ccc(NC(=O)CN2C(=O)S/C(=C/c3ccc(N4CCCCC4)o3)C2=O)cc1. The highest BCUT2D eigenvalue weighted by atomic mass is 32.2. The highest BCUT2D eigenvalue weighted by Crippen LogP contribution is 2.33. The van der Waals surface area contributed by atoms with E-state index in [1.807, 2.05) is 13.0 Å². The van der Waals surface area contributed by atoms with E-state index in [1.165, 1.54) is 6.42 Å². The van der Waals surface area contributed by atoms with Crippen molar-refractivity contribution in [3.8, 4) is 5.75 Å². The maximum atomic E-state index is 12.7. The minimum atomic E-state index is -0.502. The molecule has 0 aliphatic carbocycles. The Bertz CT molecular complexity index is 1020. The van der Waals surface area contributed by atoms with Crippen molar-refractivity contribution in [2.45, 2.75) is 26.2 Å². The van der Waals surface area contributed by atoms with E-state index in [-0.39, 0.29) is 11.4 Å². The Hall–Kier alpha value is -3.20. The molecule has 3 amide bonds. The molecule has 0 bridgehead atoms. The first kappa shape index (κ1) is 22.0. The second-order valence-corrected chi connectivity index (χ2v) is 8.49. The number of piperidine rings is 1. The zero-order valence-corrected chi connectivity index (χ0v) is 18.7. The van der Waals surface area contributed by atoms with Crippen LogP contribution in [0.5, 0.6) is 5.75 Å². The average molecular weight is 456 g/mol. The summed E-state index contributed by atoms with van der Waals surface area (Å²) in [5.41, 5.74) is 0.557. The van der Waals surface area contributed by atoms with Crippen LogP contribution in [-0.2, 0) is 9.59 Å². The van der Waals surface area contributed by atoms with Crippen LogP contribution in [0.2, 0.25) is 0 Å². The lowest BCUT2D eigenvalue weighted by atomic mass is 10.1. The van der Waals surface area contributed by atoms with E-state index in [0.29, 0.717) is 23.8 Å². The number of carbonyl (C=O) groups is 3. The number of carbonyl (C=O) groups excluding carboxylic acids is 3. The van der Waals surface area contributed by atoms with E-state index in [9.17, 15) is 14.4 Å². The molecule has 168 valence electrons. The molecule has 2 aromatic rings. The molecule has 0 spiro atoms. The number of anilines is 2. The predicted molar refractivity (Wildman–Crippen MR) is 124 cm³/mol. The van der Waals surface area contributed by atoms with Crippen LogP contribution < -0.4 is 15.0 Å². The van der Waals surface area contributed by atoms with Gasteiger partial charge in [0.15, 0.2) is 5.88 Å². The first-order valence-corrected chi connectivity index (χ1v) is 11.5. The zero-order chi connectivity index (χ0) is 22.5. The normalized spacial score (nSPS) is 17.8. The number of imide groups is 1. The smallest absolute Gasteiger partial charge is 0.294 e. The fourth-order valence-corrected chi connectivity index (χ4v) is 4.43. The fourth-order valence-electron chi connectivity index (χ4n) is 3.61. The van der Waals surface area contributed by atoms with E-state index < -0.39 is 17.1 Å². The van der Waals surface area contributed by atoms with Crippen LogP contribution in [0.25, 0.3) is 6.08 Å². The van der Waals surface area contributed by atoms with Gasteiger partial charge in [0.2, 0.25) is 5.91 Å². The highest BCUT2D eigenvalue weighted by Gasteiger charge is 2.36. The van der Waals surface area contributed by atoms with Crippen LogP contribution in [0.3, 0.4) is 0 Å². The van der Waals surface area contributed by atoms with Crippen molar-refractivity contribution in [2.24, 2.45) is 0 Å². The lowest BCUT2D eigenvalue weighted by molar-refractivity contribution is -0.127. The molecular formula is C23H25N3O5S. The van der Waals surface area contributed by atoms with Gasteiger partial charge in [0.05, 0.1) is 11.5 Å². The number of hydrogen-bond donors (Lipinski definition) is 1. The third-order valence-corrected chi connectivity index (χ3v) is 6.09. The van der Waals surface area contributed by atoms with E-state index in [0.717, 1.165) is 48.5 Å². The van der Waals surface area contributed by atoms with Gasteiger partial charge in [-0.05, 0) is 68.3 Å². The molecule has 1 N–H and O–H groups in total. The van der Waals surface area contributed by atoms with Crippen molar-refractivity contribution in [1.29, 1.82) is 0 Å². The van der Waals surface area contributed by atoms with Crippen LogP contribution in [0.15, 0.2) is 45.7 Å². The fraction of sp³-hybridized carbons (Fsp3) is 0.348. The summed E-state index contributed by atoms with van der Waals surface area (Å²) in [6.07, 6.45) is 5.05. The number of ether oxygens (including phenoxy) is 1. The predicted octanol–water partition coefficient (Wildman–Crippen LogP) is 4.34. The van der Waals surface area contributed by atoms with Crippen molar-refractivity contribution < 1.29 is 23.5 Å². The second-order valence-electron chi connectivity index (χ2n) is 7.50. The Labute approximate surface area is 190 Å². The van der Waals surface area contributed by atoms with Crippen LogP contribution in [0.1, 0.15) is 31.9 Å². The standard InChI is InChI=1S/C23H25N3O5S/c1-2-30-17-8-6-16(7-9-17)24-20(27)15-26-22(28)19(32-23(26)29)14-18-10-11-21(31-18)25-12-4-3-5-13-25/h6-11,14H,2-5,12-13,15H2,1H3,(H,24,27)/b19-14+. The molecular weight excluding hydrogens is 430 g/mol. The summed E-state index contributed by atoms with van der Waals surface area (Å²) in [7, 11) is 0. The van der Waals surface area contributed by atoms with Crippen molar-refractivity contribution >= 4 is 46.5 Å². The minimum absolute atomic E-state index is 0.239. The molecule has 2 fully saturated rings. The third kappa shape index (κ3) is 5.16. The lowest BCUT2D eigenvalue weighted by Crippen LogP contribution is -2.36. The lowest BCUT2D eigenvalue weighted by Gasteiger charge is -2.25. The van der Waals surface area contributed by atoms with Gasteiger partial charge in [-0.15, -0.1) is 0 Å². The molecule has 3 heterocycles. The van der Waals surface area contributed by atoms with Gasteiger partial charge < -0.3 is 19.4 Å². The Kier molecular flexibility index (Phi) is 6.84. The van der Waals surface area contributed by atoms with Gasteiger partial charge in [0.25, 0.3) is 11.1 Å². The van der Waals surface area contributed by atoms with Crippen LogP contribution in [0.4, 0.5) is 16.4 Å². The van der Waals surface area contributed by atoms with Crippen LogP contribution in [-0.4, -0.2) is 48.2 Å². The van der Waals surface area contributed by atoms with Crippen molar-refractivity contribution in [2.75, 3.05) is 36.5 Å². The molecule has 0 saturated carbocycles. The molecule has 0 atom stereocenters. The Morgan fingerprint density at radius 1 is 1.12 bits per heavy atom. The van der Waals surface area contributed by atoms with E-state index in [1.54, 1.807) is 36.4 Å². The van der Waals surface area contributed by atoms with E-state index >= 15 is 0 Å². The van der Waals surface area contributed by atoms with Gasteiger partial charge in [0.1, 0.15) is 18.1 Å². The molecule has 2 saturated heterocycles. The molecule has 2 aliphatic heterocycles. The number of nitrogens with one attached hydrogen (secondary N) is 1. The molecule has 32 heavy (non-hydrogen) atoms. The largest absolute Gasteiger partial charge is 0.494 e. The van der Waals surface area contributed by atoms with Gasteiger partial charge in [-0.2, -0.15) is 0 Å². The van der Waals surface area contributed by atoms with Gasteiger partial charge in [-0.1, -0.05) is 0 Å². The summed E-state index contributed by atoms with van der Waals surface area (Å²) < 4.78 is 11.2. The zero-order valence-electron chi connectivity index (χ0n) is 17.8. The summed E-state index contributed by atoms with van der Waals surface area (Å²) in [6, 6.07) is 10.6. The summed E-state index contributed by atoms with van der Waals surface area (Å²) in [4.78, 5) is 40.8. The number of rotatable bonds is 7. The Balaban J connectivity index is 1.37. The maximum Gasteiger partial charge on any atom is 0.294 e. The summed E-state index contributed by atoms with van der Waals surface area (Å²) in [6.45, 7) is 3.99. The van der Waals surface area contributed by atoms with Gasteiger partial charge >= 0.3 is 0 Å². The molecule has 9 heteroatoms. The van der Waals surface area contributed by atoms with Gasteiger partial charge in [-0.3, -0.25) is 19.3 Å². The highest BCUT2D eigenvalue weighted by molar-refractivity contribution is 8.18. The average Bonchev–Trinajstić information content (AvgIpc) is 3.36. The first-order valence-electron chi connectivity index (χ1n) is 10.7. The molecule has 2 aliphatic rings. The first-order chi connectivity index (χ1) is 15.5. The molecule has 8 nitrogen and oxygen atoms in total. The molecule has 1 aromatic carbocycles. The van der Waals surface area contributed by atoms with E-state index in [2.05, 4.69) is 10.2 Å². The number of furan rings is 1. The van der Waals surface area contributed by atoms with Crippen molar-refractivity contribution in [1.82, 2.24) is 4.90 Å². The summed E-state index contributed by atoms with van der Waals surface area (Å²) in [5.74, 6) is 1.02.